The maximum atomic E-state index is 11.5. The average Bonchev–Trinajstić information content (AvgIpc) is 2.18. The summed E-state index contributed by atoms with van der Waals surface area (Å²) in [4.78, 5) is 4.09. The van der Waals surface area contributed by atoms with Gasteiger partial charge in [0.1, 0.15) is 0 Å². The third-order valence-electron chi connectivity index (χ3n) is 1.85. The molecule has 1 heterocycles. The van der Waals surface area contributed by atoms with Crippen LogP contribution >= 0.6 is 0 Å². The zero-order valence-corrected chi connectivity index (χ0v) is 9.22. The number of nitrogens with zero attached hydrogens (tertiary/aromatic N) is 1. The Labute approximate surface area is 87.2 Å². The molecule has 0 bridgehead atoms. The molecule has 0 amide bonds. The minimum atomic E-state index is -0.750. The third-order valence-corrected chi connectivity index (χ3v) is 3.37. The Balaban J connectivity index is 2.62. The first-order valence-corrected chi connectivity index (χ1v) is 6.24. The molecule has 0 aliphatic heterocycles. The van der Waals surface area contributed by atoms with E-state index in [1.165, 1.54) is 0 Å². The van der Waals surface area contributed by atoms with Crippen molar-refractivity contribution in [2.45, 2.75) is 25.6 Å². The van der Waals surface area contributed by atoms with Crippen molar-refractivity contribution in [3.05, 3.63) is 29.6 Å². The molecule has 14 heavy (non-hydrogen) atoms. The smallest absolute Gasteiger partial charge is 0.0542 e. The van der Waals surface area contributed by atoms with E-state index in [-0.39, 0.29) is 0 Å². The second kappa shape index (κ2) is 5.88. The molecular formula is C10H16N2OS. The third kappa shape index (κ3) is 3.55. The molecule has 0 saturated heterocycles. The van der Waals surface area contributed by atoms with Crippen LogP contribution in [0.4, 0.5) is 0 Å². The van der Waals surface area contributed by atoms with Gasteiger partial charge in [-0.3, -0.25) is 9.19 Å². The fourth-order valence-electron chi connectivity index (χ4n) is 1.22. The quantitative estimate of drug-likeness (QED) is 0.798. The van der Waals surface area contributed by atoms with Gasteiger partial charge in [-0.05, 0) is 24.1 Å². The molecule has 3 nitrogen and oxygen atoms in total. The van der Waals surface area contributed by atoms with E-state index in [2.05, 4.69) is 4.98 Å². The standard InChI is InChI=1S/C10H16N2OS/c1-2-5-14(13)8-9-3-4-12-10(6-9)7-11/h3-4,6H,2,5,7-8,11H2,1H3. The van der Waals surface area contributed by atoms with Crippen LogP contribution < -0.4 is 5.73 Å². The summed E-state index contributed by atoms with van der Waals surface area (Å²) in [5, 5.41) is 0. The van der Waals surface area contributed by atoms with Crippen molar-refractivity contribution < 1.29 is 4.21 Å². The lowest BCUT2D eigenvalue weighted by molar-refractivity contribution is 0.681. The monoisotopic (exact) mass is 212 g/mol. The highest BCUT2D eigenvalue weighted by Gasteiger charge is 2.01. The van der Waals surface area contributed by atoms with Crippen molar-refractivity contribution in [3.63, 3.8) is 0 Å². The molecule has 1 atom stereocenters. The summed E-state index contributed by atoms with van der Waals surface area (Å²) in [5.74, 6) is 1.38. The minimum Gasteiger partial charge on any atom is -0.325 e. The second-order valence-corrected chi connectivity index (χ2v) is 4.72. The fourth-order valence-corrected chi connectivity index (χ4v) is 2.37. The molecule has 1 aromatic rings. The fraction of sp³-hybridized carbons (Fsp3) is 0.500. The van der Waals surface area contributed by atoms with E-state index >= 15 is 0 Å². The highest BCUT2D eigenvalue weighted by molar-refractivity contribution is 7.84. The van der Waals surface area contributed by atoms with Gasteiger partial charge in [0.2, 0.25) is 0 Å². The number of hydrogen-bond donors (Lipinski definition) is 1. The zero-order valence-electron chi connectivity index (χ0n) is 8.40. The lowest BCUT2D eigenvalue weighted by atomic mass is 10.2. The maximum Gasteiger partial charge on any atom is 0.0542 e. The van der Waals surface area contributed by atoms with Gasteiger partial charge in [0.15, 0.2) is 0 Å². The molecule has 1 unspecified atom stereocenters. The minimum absolute atomic E-state index is 0.439. The summed E-state index contributed by atoms with van der Waals surface area (Å²) in [6, 6.07) is 3.82. The lowest BCUT2D eigenvalue weighted by Gasteiger charge is -2.02. The summed E-state index contributed by atoms with van der Waals surface area (Å²) in [7, 11) is -0.750. The maximum absolute atomic E-state index is 11.5. The van der Waals surface area contributed by atoms with Crippen LogP contribution in [0.3, 0.4) is 0 Å². The number of rotatable bonds is 5. The van der Waals surface area contributed by atoms with E-state index in [1.807, 2.05) is 19.1 Å². The first-order chi connectivity index (χ1) is 6.76. The van der Waals surface area contributed by atoms with Crippen molar-refractivity contribution >= 4 is 10.8 Å². The zero-order chi connectivity index (χ0) is 10.4. The molecule has 0 fully saturated rings. The lowest BCUT2D eigenvalue weighted by Crippen LogP contribution is -2.03. The van der Waals surface area contributed by atoms with Gasteiger partial charge < -0.3 is 5.73 Å². The van der Waals surface area contributed by atoms with Crippen LogP contribution in [0, 0.1) is 0 Å². The molecule has 0 saturated carbocycles. The molecule has 4 heteroatoms. The number of nitrogens with two attached hydrogens (primary N) is 1. The van der Waals surface area contributed by atoms with E-state index in [4.69, 9.17) is 5.73 Å². The topological polar surface area (TPSA) is 56.0 Å². The van der Waals surface area contributed by atoms with Crippen LogP contribution in [0.2, 0.25) is 0 Å². The Hall–Kier alpha value is -0.740. The summed E-state index contributed by atoms with van der Waals surface area (Å²) in [5.41, 5.74) is 7.39. The van der Waals surface area contributed by atoms with Gasteiger partial charge in [0, 0.05) is 35.0 Å². The van der Waals surface area contributed by atoms with Gasteiger partial charge in [-0.2, -0.15) is 0 Å². The highest BCUT2D eigenvalue weighted by Crippen LogP contribution is 2.05. The number of hydrogen-bond acceptors (Lipinski definition) is 3. The average molecular weight is 212 g/mol. The molecule has 0 radical (unpaired) electrons. The van der Waals surface area contributed by atoms with Crippen LogP contribution in [0.5, 0.6) is 0 Å². The van der Waals surface area contributed by atoms with E-state index in [0.717, 1.165) is 23.4 Å². The van der Waals surface area contributed by atoms with Crippen molar-refractivity contribution in [2.24, 2.45) is 5.73 Å². The molecular weight excluding hydrogens is 196 g/mol. The Morgan fingerprint density at radius 2 is 2.36 bits per heavy atom. The second-order valence-electron chi connectivity index (χ2n) is 3.15. The van der Waals surface area contributed by atoms with Crippen molar-refractivity contribution in [1.29, 1.82) is 0 Å². The van der Waals surface area contributed by atoms with Crippen molar-refractivity contribution in [3.8, 4) is 0 Å². The van der Waals surface area contributed by atoms with Gasteiger partial charge >= 0.3 is 0 Å². The first kappa shape index (κ1) is 11.3. The molecule has 0 spiro atoms. The Bertz CT molecular complexity index is 315. The van der Waals surface area contributed by atoms with Gasteiger partial charge in [-0.1, -0.05) is 6.92 Å². The largest absolute Gasteiger partial charge is 0.325 e. The number of aromatic nitrogens is 1. The van der Waals surface area contributed by atoms with Crippen molar-refractivity contribution in [2.75, 3.05) is 5.75 Å². The molecule has 1 aromatic heterocycles. The molecule has 2 N–H and O–H groups in total. The highest BCUT2D eigenvalue weighted by atomic mass is 32.2. The molecule has 1 rings (SSSR count). The van der Waals surface area contributed by atoms with Crippen LogP contribution in [0.25, 0.3) is 0 Å². The van der Waals surface area contributed by atoms with Gasteiger partial charge in [-0.15, -0.1) is 0 Å². The van der Waals surface area contributed by atoms with Gasteiger partial charge in [-0.25, -0.2) is 0 Å². The SMILES string of the molecule is CCCS(=O)Cc1ccnc(CN)c1. The summed E-state index contributed by atoms with van der Waals surface area (Å²) < 4.78 is 11.5. The molecule has 0 aliphatic rings. The van der Waals surface area contributed by atoms with Crippen LogP contribution in [-0.4, -0.2) is 14.9 Å². The molecule has 78 valence electrons. The normalized spacial score (nSPS) is 12.7. The Kier molecular flexibility index (Phi) is 4.76. The van der Waals surface area contributed by atoms with Crippen LogP contribution in [-0.2, 0) is 23.1 Å². The van der Waals surface area contributed by atoms with E-state index in [1.54, 1.807) is 6.20 Å². The Morgan fingerprint density at radius 3 is 3.00 bits per heavy atom. The van der Waals surface area contributed by atoms with Gasteiger partial charge in [0.25, 0.3) is 0 Å². The predicted octanol–water partition coefficient (Wildman–Crippen LogP) is 1.20. The summed E-state index contributed by atoms with van der Waals surface area (Å²) >= 11 is 0. The summed E-state index contributed by atoms with van der Waals surface area (Å²) in [6.07, 6.45) is 2.68. The van der Waals surface area contributed by atoms with Crippen LogP contribution in [0.1, 0.15) is 24.6 Å². The van der Waals surface area contributed by atoms with E-state index in [0.29, 0.717) is 12.3 Å². The Morgan fingerprint density at radius 1 is 1.57 bits per heavy atom. The van der Waals surface area contributed by atoms with Crippen LogP contribution in [0.15, 0.2) is 18.3 Å². The summed E-state index contributed by atoms with van der Waals surface area (Å²) in [6.45, 7) is 2.48. The molecule has 0 aromatic carbocycles. The van der Waals surface area contributed by atoms with Gasteiger partial charge in [0.05, 0.1) is 5.69 Å². The molecule has 0 aliphatic carbocycles. The van der Waals surface area contributed by atoms with E-state index < -0.39 is 10.8 Å². The first-order valence-electron chi connectivity index (χ1n) is 4.75. The van der Waals surface area contributed by atoms with Crippen molar-refractivity contribution in [1.82, 2.24) is 4.98 Å². The number of pyridine rings is 1. The predicted molar refractivity (Wildman–Crippen MR) is 59.1 cm³/mol. The van der Waals surface area contributed by atoms with E-state index in [9.17, 15) is 4.21 Å².